The fraction of sp³-hybridized carbons (Fsp3) is 0.0833. The molecule has 0 aliphatic rings. The summed E-state index contributed by atoms with van der Waals surface area (Å²) in [7, 11) is 0. The largest absolute Gasteiger partial charge is 0.398 e. The topological polar surface area (TPSA) is 94.9 Å². The lowest BCUT2D eigenvalue weighted by molar-refractivity contribution is 0.0996. The molecular formula is C12H12N4O. The molecule has 0 atom stereocenters. The van der Waals surface area contributed by atoms with Gasteiger partial charge < -0.3 is 11.5 Å². The average molecular weight is 228 g/mol. The van der Waals surface area contributed by atoms with E-state index in [4.69, 9.17) is 11.5 Å². The minimum Gasteiger partial charge on any atom is -0.398 e. The van der Waals surface area contributed by atoms with E-state index in [1.54, 1.807) is 18.3 Å². The molecule has 0 bridgehead atoms. The molecule has 5 heteroatoms. The second-order valence-corrected chi connectivity index (χ2v) is 3.62. The Bertz CT molecular complexity index is 580. The monoisotopic (exact) mass is 228 g/mol. The van der Waals surface area contributed by atoms with E-state index in [2.05, 4.69) is 9.97 Å². The van der Waals surface area contributed by atoms with Gasteiger partial charge in [0.1, 0.15) is 5.69 Å². The minimum absolute atomic E-state index is 0.168. The van der Waals surface area contributed by atoms with Crippen molar-refractivity contribution in [2.75, 3.05) is 5.73 Å². The molecule has 0 aliphatic carbocycles. The molecule has 17 heavy (non-hydrogen) atoms. The van der Waals surface area contributed by atoms with Crippen LogP contribution in [0.15, 0.2) is 30.6 Å². The molecule has 2 heterocycles. The van der Waals surface area contributed by atoms with E-state index in [0.717, 1.165) is 11.3 Å². The molecule has 0 spiro atoms. The lowest BCUT2D eigenvalue weighted by atomic mass is 10.0. The van der Waals surface area contributed by atoms with Crippen molar-refractivity contribution in [1.29, 1.82) is 0 Å². The molecule has 0 aliphatic heterocycles. The zero-order chi connectivity index (χ0) is 12.4. The van der Waals surface area contributed by atoms with Crippen molar-refractivity contribution >= 4 is 11.6 Å². The number of primary amides is 1. The fourth-order valence-corrected chi connectivity index (χ4v) is 1.70. The Labute approximate surface area is 98.5 Å². The van der Waals surface area contributed by atoms with Crippen LogP contribution in [0.5, 0.6) is 0 Å². The van der Waals surface area contributed by atoms with Crippen molar-refractivity contribution in [3.63, 3.8) is 0 Å². The Kier molecular flexibility index (Phi) is 2.74. The van der Waals surface area contributed by atoms with Gasteiger partial charge in [0.05, 0.1) is 0 Å². The zero-order valence-corrected chi connectivity index (χ0v) is 9.34. The number of amides is 1. The van der Waals surface area contributed by atoms with E-state index in [0.29, 0.717) is 11.3 Å². The normalized spacial score (nSPS) is 10.2. The van der Waals surface area contributed by atoms with Crippen LogP contribution in [0.4, 0.5) is 5.69 Å². The summed E-state index contributed by atoms with van der Waals surface area (Å²) >= 11 is 0. The number of hydrogen-bond acceptors (Lipinski definition) is 4. The highest BCUT2D eigenvalue weighted by molar-refractivity contribution is 6.01. The third-order valence-corrected chi connectivity index (χ3v) is 2.49. The van der Waals surface area contributed by atoms with E-state index in [9.17, 15) is 4.79 Å². The summed E-state index contributed by atoms with van der Waals surface area (Å²) < 4.78 is 0. The molecule has 4 N–H and O–H groups in total. The number of aromatic nitrogens is 2. The van der Waals surface area contributed by atoms with Gasteiger partial charge in [0, 0.05) is 34.9 Å². The SMILES string of the molecule is Cc1ncccc1-c1c(N)ccnc1C(N)=O. The lowest BCUT2D eigenvalue weighted by Gasteiger charge is -2.10. The molecule has 1 amide bonds. The van der Waals surface area contributed by atoms with Gasteiger partial charge in [-0.3, -0.25) is 14.8 Å². The number of carbonyl (C=O) groups is 1. The number of hydrogen-bond donors (Lipinski definition) is 2. The lowest BCUT2D eigenvalue weighted by Crippen LogP contribution is -2.15. The fourth-order valence-electron chi connectivity index (χ4n) is 1.70. The predicted molar refractivity (Wildman–Crippen MR) is 65.1 cm³/mol. The quantitative estimate of drug-likeness (QED) is 0.805. The molecule has 2 rings (SSSR count). The molecule has 2 aromatic rings. The Morgan fingerprint density at radius 3 is 2.65 bits per heavy atom. The highest BCUT2D eigenvalue weighted by Gasteiger charge is 2.16. The molecule has 5 nitrogen and oxygen atoms in total. The number of nitrogens with zero attached hydrogens (tertiary/aromatic N) is 2. The number of pyridine rings is 2. The van der Waals surface area contributed by atoms with E-state index >= 15 is 0 Å². The van der Waals surface area contributed by atoms with Crippen LogP contribution in [0.2, 0.25) is 0 Å². The number of nitrogens with two attached hydrogens (primary N) is 2. The maximum atomic E-state index is 11.3. The first-order valence-corrected chi connectivity index (χ1v) is 5.07. The number of carbonyl (C=O) groups excluding carboxylic acids is 1. The second kappa shape index (κ2) is 4.21. The molecule has 0 saturated heterocycles. The second-order valence-electron chi connectivity index (χ2n) is 3.62. The molecule has 0 saturated carbocycles. The Morgan fingerprint density at radius 2 is 2.00 bits per heavy atom. The van der Waals surface area contributed by atoms with E-state index < -0.39 is 5.91 Å². The molecule has 0 fully saturated rings. The predicted octanol–water partition coefficient (Wildman–Crippen LogP) is 1.13. The van der Waals surface area contributed by atoms with Gasteiger partial charge in [0.25, 0.3) is 5.91 Å². The maximum absolute atomic E-state index is 11.3. The summed E-state index contributed by atoms with van der Waals surface area (Å²) in [5.74, 6) is -0.601. The van der Waals surface area contributed by atoms with Gasteiger partial charge in [-0.25, -0.2) is 0 Å². The molecule has 0 unspecified atom stereocenters. The average Bonchev–Trinajstić information content (AvgIpc) is 2.30. The van der Waals surface area contributed by atoms with Gasteiger partial charge in [0.15, 0.2) is 0 Å². The van der Waals surface area contributed by atoms with Gasteiger partial charge in [-0.2, -0.15) is 0 Å². The standard InChI is InChI=1S/C12H12N4O/c1-7-8(3-2-5-15-7)10-9(13)4-6-16-11(10)12(14)17/h2-6H,1H3,(H2,13,16)(H2,14,17). The van der Waals surface area contributed by atoms with E-state index in [1.807, 2.05) is 13.0 Å². The molecule has 0 aromatic carbocycles. The number of nitrogen functional groups attached to an aromatic ring is 1. The Balaban J connectivity index is 2.75. The van der Waals surface area contributed by atoms with Crippen LogP contribution in [-0.4, -0.2) is 15.9 Å². The van der Waals surface area contributed by atoms with E-state index in [1.165, 1.54) is 6.20 Å². The van der Waals surface area contributed by atoms with Crippen LogP contribution in [0, 0.1) is 6.92 Å². The van der Waals surface area contributed by atoms with E-state index in [-0.39, 0.29) is 5.69 Å². The number of anilines is 1. The van der Waals surface area contributed by atoms with Gasteiger partial charge in [0.2, 0.25) is 0 Å². The maximum Gasteiger partial charge on any atom is 0.268 e. The first kappa shape index (κ1) is 11.1. The first-order valence-electron chi connectivity index (χ1n) is 5.07. The van der Waals surface area contributed by atoms with Crippen molar-refractivity contribution in [1.82, 2.24) is 9.97 Å². The summed E-state index contributed by atoms with van der Waals surface area (Å²) in [5, 5.41) is 0. The summed E-state index contributed by atoms with van der Waals surface area (Å²) in [6.45, 7) is 1.84. The van der Waals surface area contributed by atoms with Gasteiger partial charge in [-0.1, -0.05) is 6.07 Å². The van der Waals surface area contributed by atoms with Crippen LogP contribution in [-0.2, 0) is 0 Å². The molecule has 0 radical (unpaired) electrons. The van der Waals surface area contributed by atoms with Crippen LogP contribution in [0.1, 0.15) is 16.2 Å². The number of rotatable bonds is 2. The van der Waals surface area contributed by atoms with Crippen LogP contribution in [0.3, 0.4) is 0 Å². The third-order valence-electron chi connectivity index (χ3n) is 2.49. The van der Waals surface area contributed by atoms with Crippen LogP contribution >= 0.6 is 0 Å². The molecular weight excluding hydrogens is 216 g/mol. The van der Waals surface area contributed by atoms with Crippen LogP contribution < -0.4 is 11.5 Å². The highest BCUT2D eigenvalue weighted by Crippen LogP contribution is 2.29. The van der Waals surface area contributed by atoms with Crippen molar-refractivity contribution < 1.29 is 4.79 Å². The zero-order valence-electron chi connectivity index (χ0n) is 9.34. The van der Waals surface area contributed by atoms with Gasteiger partial charge in [-0.15, -0.1) is 0 Å². The first-order chi connectivity index (χ1) is 8.11. The smallest absolute Gasteiger partial charge is 0.268 e. The minimum atomic E-state index is -0.601. The highest BCUT2D eigenvalue weighted by atomic mass is 16.1. The van der Waals surface area contributed by atoms with Gasteiger partial charge >= 0.3 is 0 Å². The molecule has 86 valence electrons. The summed E-state index contributed by atoms with van der Waals surface area (Å²) in [6.07, 6.45) is 3.14. The summed E-state index contributed by atoms with van der Waals surface area (Å²) in [6, 6.07) is 5.25. The van der Waals surface area contributed by atoms with Crippen molar-refractivity contribution in [2.45, 2.75) is 6.92 Å². The number of aryl methyl sites for hydroxylation is 1. The third kappa shape index (κ3) is 1.94. The molecule has 2 aromatic heterocycles. The van der Waals surface area contributed by atoms with Gasteiger partial charge in [-0.05, 0) is 19.1 Å². The Hall–Kier alpha value is -2.43. The summed E-state index contributed by atoms with van der Waals surface area (Å²) in [4.78, 5) is 19.5. The van der Waals surface area contributed by atoms with Crippen molar-refractivity contribution in [3.8, 4) is 11.1 Å². The van der Waals surface area contributed by atoms with Crippen molar-refractivity contribution in [3.05, 3.63) is 42.0 Å². The van der Waals surface area contributed by atoms with Crippen LogP contribution in [0.25, 0.3) is 11.1 Å². The summed E-state index contributed by atoms with van der Waals surface area (Å²) in [5.41, 5.74) is 13.9. The Morgan fingerprint density at radius 1 is 1.24 bits per heavy atom. The van der Waals surface area contributed by atoms with Crippen molar-refractivity contribution in [2.24, 2.45) is 5.73 Å².